The number of rotatable bonds is 6. The number of hydrogen-bond acceptors (Lipinski definition) is 6. The summed E-state index contributed by atoms with van der Waals surface area (Å²) >= 11 is 11.9. The van der Waals surface area contributed by atoms with E-state index in [9.17, 15) is 18.3 Å². The highest BCUT2D eigenvalue weighted by molar-refractivity contribution is 6.37. The molecule has 0 spiro atoms. The first kappa shape index (κ1) is 21.8. The van der Waals surface area contributed by atoms with Crippen LogP contribution >= 0.6 is 23.2 Å². The second kappa shape index (κ2) is 8.85. The zero-order valence-electron chi connectivity index (χ0n) is 15.4. The number of phenolic OH excluding ortho intramolecular Hbond substituents is 1. The Morgan fingerprint density at radius 1 is 1.07 bits per heavy atom. The third-order valence-electron chi connectivity index (χ3n) is 3.71. The summed E-state index contributed by atoms with van der Waals surface area (Å²) in [6.07, 6.45) is -4.80. The number of nitrogens with one attached hydrogen (secondary N) is 2. The van der Waals surface area contributed by atoms with Gasteiger partial charge in [-0.25, -0.2) is 4.98 Å². The fourth-order valence-corrected chi connectivity index (χ4v) is 3.02. The maximum Gasteiger partial charge on any atom is 0.573 e. The molecule has 0 aliphatic carbocycles. The van der Waals surface area contributed by atoms with Gasteiger partial charge in [-0.3, -0.25) is 0 Å². The molecule has 0 fully saturated rings. The van der Waals surface area contributed by atoms with Gasteiger partial charge in [-0.05, 0) is 31.2 Å². The van der Waals surface area contributed by atoms with Gasteiger partial charge in [0.15, 0.2) is 5.75 Å². The van der Waals surface area contributed by atoms with Gasteiger partial charge in [0.25, 0.3) is 0 Å². The van der Waals surface area contributed by atoms with Crippen molar-refractivity contribution in [3.8, 4) is 22.8 Å². The second-order valence-corrected chi connectivity index (χ2v) is 6.80. The number of aromatic hydroxyl groups is 1. The third kappa shape index (κ3) is 5.58. The van der Waals surface area contributed by atoms with Crippen LogP contribution in [0, 0.1) is 0 Å². The molecule has 3 N–H and O–H groups in total. The summed E-state index contributed by atoms with van der Waals surface area (Å²) in [5.41, 5.74) is 1.19. The molecule has 6 nitrogen and oxygen atoms in total. The van der Waals surface area contributed by atoms with E-state index in [4.69, 9.17) is 23.2 Å². The molecule has 0 unspecified atom stereocenters. The Hall–Kier alpha value is -2.91. The van der Waals surface area contributed by atoms with Gasteiger partial charge in [0.05, 0.1) is 15.7 Å². The summed E-state index contributed by atoms with van der Waals surface area (Å²) in [5.74, 6) is -0.0242. The van der Waals surface area contributed by atoms with E-state index in [0.717, 1.165) is 0 Å². The number of benzene rings is 2. The number of anilines is 3. The summed E-state index contributed by atoms with van der Waals surface area (Å²) in [5, 5.41) is 15.7. The van der Waals surface area contributed by atoms with Gasteiger partial charge in [-0.15, -0.1) is 13.2 Å². The van der Waals surface area contributed by atoms with Gasteiger partial charge < -0.3 is 20.5 Å². The topological polar surface area (TPSA) is 79.3 Å². The van der Waals surface area contributed by atoms with E-state index in [1.54, 1.807) is 12.1 Å². The lowest BCUT2D eigenvalue weighted by molar-refractivity contribution is -0.274. The molecule has 158 valence electrons. The van der Waals surface area contributed by atoms with Crippen molar-refractivity contribution in [3.63, 3.8) is 0 Å². The Balaban J connectivity index is 1.98. The summed E-state index contributed by atoms with van der Waals surface area (Å²) in [6.45, 7) is 2.37. The molecule has 1 aromatic heterocycles. The molecule has 1 heterocycles. The van der Waals surface area contributed by atoms with Gasteiger partial charge in [-0.1, -0.05) is 35.3 Å². The first-order valence-corrected chi connectivity index (χ1v) is 9.34. The number of phenols is 1. The van der Waals surface area contributed by atoms with Crippen LogP contribution in [0.3, 0.4) is 0 Å². The average Bonchev–Trinajstić information content (AvgIpc) is 2.65. The van der Waals surface area contributed by atoms with Crippen LogP contribution in [-0.4, -0.2) is 28.0 Å². The van der Waals surface area contributed by atoms with E-state index in [-0.39, 0.29) is 27.5 Å². The maximum absolute atomic E-state index is 12.5. The molecular formula is C19H15Cl2F3N4O2. The van der Waals surface area contributed by atoms with Crippen molar-refractivity contribution in [2.24, 2.45) is 0 Å². The molecule has 2 aromatic carbocycles. The Kier molecular flexibility index (Phi) is 6.42. The molecule has 0 atom stereocenters. The zero-order chi connectivity index (χ0) is 21.9. The molecule has 0 bridgehead atoms. The molecule has 0 aliphatic heterocycles. The molecule has 11 heteroatoms. The van der Waals surface area contributed by atoms with E-state index < -0.39 is 6.36 Å². The second-order valence-electron chi connectivity index (χ2n) is 5.98. The summed E-state index contributed by atoms with van der Waals surface area (Å²) in [7, 11) is 0. The van der Waals surface area contributed by atoms with Gasteiger partial charge in [0, 0.05) is 23.9 Å². The van der Waals surface area contributed by atoms with Gasteiger partial charge in [0.1, 0.15) is 11.6 Å². The number of alkyl halides is 3. The molecule has 3 aromatic rings. The van der Waals surface area contributed by atoms with Crippen LogP contribution in [0.4, 0.5) is 30.6 Å². The summed E-state index contributed by atoms with van der Waals surface area (Å²) in [6, 6.07) is 9.90. The fraction of sp³-hybridized carbons (Fsp3) is 0.158. The maximum atomic E-state index is 12.5. The SMILES string of the molecule is CCNc1nc(Nc2cc(Cl)c(O)c(Cl)c2)cc(-c2cccc(OC(F)(F)F)c2)n1. The summed E-state index contributed by atoms with van der Waals surface area (Å²) < 4.78 is 41.6. The number of nitrogens with zero attached hydrogens (tertiary/aromatic N) is 2. The molecule has 30 heavy (non-hydrogen) atoms. The minimum atomic E-state index is -4.80. The molecule has 0 amide bonds. The molecule has 0 saturated heterocycles. The largest absolute Gasteiger partial charge is 0.573 e. The molecule has 0 radical (unpaired) electrons. The predicted octanol–water partition coefficient (Wildman–Crippen LogP) is 6.23. The highest BCUT2D eigenvalue weighted by Crippen LogP contribution is 2.36. The van der Waals surface area contributed by atoms with Crippen molar-refractivity contribution in [3.05, 3.63) is 52.5 Å². The van der Waals surface area contributed by atoms with Crippen LogP contribution in [-0.2, 0) is 0 Å². The number of aromatic nitrogens is 2. The predicted molar refractivity (Wildman–Crippen MR) is 110 cm³/mol. The van der Waals surface area contributed by atoms with Crippen molar-refractivity contribution in [2.75, 3.05) is 17.2 Å². The van der Waals surface area contributed by atoms with E-state index in [1.807, 2.05) is 6.92 Å². The van der Waals surface area contributed by atoms with Crippen molar-refractivity contribution in [2.45, 2.75) is 13.3 Å². The first-order valence-electron chi connectivity index (χ1n) is 8.59. The summed E-state index contributed by atoms with van der Waals surface area (Å²) in [4.78, 5) is 8.64. The van der Waals surface area contributed by atoms with E-state index in [0.29, 0.717) is 29.3 Å². The highest BCUT2D eigenvalue weighted by Gasteiger charge is 2.31. The van der Waals surface area contributed by atoms with Crippen LogP contribution in [0.15, 0.2) is 42.5 Å². The van der Waals surface area contributed by atoms with Crippen molar-refractivity contribution in [1.29, 1.82) is 0 Å². The Morgan fingerprint density at radius 2 is 1.77 bits per heavy atom. The zero-order valence-corrected chi connectivity index (χ0v) is 16.9. The van der Waals surface area contributed by atoms with Crippen molar-refractivity contribution >= 4 is 40.7 Å². The average molecular weight is 459 g/mol. The molecule has 0 aliphatic rings. The Bertz CT molecular complexity index is 1040. The van der Waals surface area contributed by atoms with Gasteiger partial charge in [-0.2, -0.15) is 4.98 Å². The van der Waals surface area contributed by atoms with Crippen LogP contribution in [0.2, 0.25) is 10.0 Å². The van der Waals surface area contributed by atoms with Crippen molar-refractivity contribution < 1.29 is 23.0 Å². The minimum Gasteiger partial charge on any atom is -0.505 e. The third-order valence-corrected chi connectivity index (χ3v) is 4.29. The highest BCUT2D eigenvalue weighted by atomic mass is 35.5. The normalized spacial score (nSPS) is 11.3. The van der Waals surface area contributed by atoms with Gasteiger partial charge >= 0.3 is 6.36 Å². The van der Waals surface area contributed by atoms with E-state index in [1.165, 1.54) is 30.3 Å². The van der Waals surface area contributed by atoms with Crippen molar-refractivity contribution in [1.82, 2.24) is 9.97 Å². The standard InChI is InChI=1S/C19H15Cl2F3N4O2/c1-2-25-18-27-15(10-4-3-5-12(6-10)30-19(22,23)24)9-16(28-18)26-11-7-13(20)17(29)14(21)8-11/h3-9,29H,2H2,1H3,(H2,25,26,27,28). The van der Waals surface area contributed by atoms with Crippen LogP contribution < -0.4 is 15.4 Å². The van der Waals surface area contributed by atoms with Crippen LogP contribution in [0.1, 0.15) is 6.92 Å². The fourth-order valence-electron chi connectivity index (χ4n) is 2.53. The number of ether oxygens (including phenoxy) is 1. The lowest BCUT2D eigenvalue weighted by atomic mass is 10.1. The molecule has 0 saturated carbocycles. The first-order chi connectivity index (χ1) is 14.1. The molecular weight excluding hydrogens is 444 g/mol. The quantitative estimate of drug-likeness (QED) is 0.380. The lowest BCUT2D eigenvalue weighted by Crippen LogP contribution is -2.17. The number of halogens is 5. The van der Waals surface area contributed by atoms with Crippen LogP contribution in [0.25, 0.3) is 11.3 Å². The lowest BCUT2D eigenvalue weighted by Gasteiger charge is -2.13. The smallest absolute Gasteiger partial charge is 0.505 e. The Morgan fingerprint density at radius 3 is 2.40 bits per heavy atom. The number of hydrogen-bond donors (Lipinski definition) is 3. The van der Waals surface area contributed by atoms with Gasteiger partial charge in [0.2, 0.25) is 5.95 Å². The van der Waals surface area contributed by atoms with Crippen LogP contribution in [0.5, 0.6) is 11.5 Å². The monoisotopic (exact) mass is 458 g/mol. The van der Waals surface area contributed by atoms with E-state index in [2.05, 4.69) is 25.3 Å². The minimum absolute atomic E-state index is 0.0446. The Labute approximate surface area is 179 Å². The van der Waals surface area contributed by atoms with E-state index >= 15 is 0 Å². The molecule has 3 rings (SSSR count).